The van der Waals surface area contributed by atoms with Crippen molar-refractivity contribution in [2.24, 2.45) is 0 Å². The van der Waals surface area contributed by atoms with Crippen molar-refractivity contribution < 1.29 is 18.3 Å². The summed E-state index contributed by atoms with van der Waals surface area (Å²) in [5.41, 5.74) is 0. The first-order valence-corrected chi connectivity index (χ1v) is 6.92. The van der Waals surface area contributed by atoms with Crippen molar-refractivity contribution in [2.75, 3.05) is 25.6 Å². The van der Waals surface area contributed by atoms with Gasteiger partial charge in [0, 0.05) is 18.8 Å². The van der Waals surface area contributed by atoms with Crippen molar-refractivity contribution in [1.29, 1.82) is 0 Å². The summed E-state index contributed by atoms with van der Waals surface area (Å²) in [7, 11) is -1.23. The third-order valence-electron chi connectivity index (χ3n) is 2.32. The molecule has 0 heterocycles. The molecule has 5 nitrogen and oxygen atoms in total. The Morgan fingerprint density at radius 3 is 2.33 bits per heavy atom. The average Bonchev–Trinajstić information content (AvgIpc) is 2.08. The van der Waals surface area contributed by atoms with Crippen LogP contribution in [0, 0.1) is 0 Å². The maximum Gasteiger partial charge on any atom is 0.304 e. The predicted octanol–water partition coefficient (Wildman–Crippen LogP) is 0.216. The molecule has 0 saturated carbocycles. The van der Waals surface area contributed by atoms with Gasteiger partial charge in [-0.1, -0.05) is 6.92 Å². The SMILES string of the molecule is CCC(CC(=O)O)N(C)CCS(C)(=O)=O. The molecular weight excluding hydrogens is 218 g/mol. The van der Waals surface area contributed by atoms with E-state index in [-0.39, 0.29) is 18.2 Å². The van der Waals surface area contributed by atoms with E-state index in [2.05, 4.69) is 0 Å². The van der Waals surface area contributed by atoms with Crippen LogP contribution in [0.15, 0.2) is 0 Å². The van der Waals surface area contributed by atoms with Crippen LogP contribution < -0.4 is 0 Å². The van der Waals surface area contributed by atoms with E-state index in [1.807, 2.05) is 6.92 Å². The molecule has 0 amide bonds. The molecule has 0 rings (SSSR count). The molecule has 15 heavy (non-hydrogen) atoms. The van der Waals surface area contributed by atoms with Gasteiger partial charge in [0.05, 0.1) is 12.2 Å². The third kappa shape index (κ3) is 7.33. The molecular formula is C9H19NO4S. The summed E-state index contributed by atoms with van der Waals surface area (Å²) in [6, 6.07) is -0.0933. The molecule has 0 aromatic heterocycles. The van der Waals surface area contributed by atoms with E-state index in [0.29, 0.717) is 13.0 Å². The second kappa shape index (κ2) is 6.07. The first kappa shape index (κ1) is 14.4. The Morgan fingerprint density at radius 2 is 2.00 bits per heavy atom. The lowest BCUT2D eigenvalue weighted by Gasteiger charge is -2.25. The molecule has 1 atom stereocenters. The molecule has 1 N–H and O–H groups in total. The van der Waals surface area contributed by atoms with E-state index in [0.717, 1.165) is 0 Å². The smallest absolute Gasteiger partial charge is 0.304 e. The first-order valence-electron chi connectivity index (χ1n) is 4.86. The van der Waals surface area contributed by atoms with Crippen molar-refractivity contribution in [3.8, 4) is 0 Å². The van der Waals surface area contributed by atoms with Crippen LogP contribution in [-0.4, -0.2) is 56.0 Å². The zero-order chi connectivity index (χ0) is 12.1. The number of hydrogen-bond donors (Lipinski definition) is 1. The highest BCUT2D eigenvalue weighted by Gasteiger charge is 2.17. The summed E-state index contributed by atoms with van der Waals surface area (Å²) in [6.45, 7) is 2.27. The van der Waals surface area contributed by atoms with Gasteiger partial charge < -0.3 is 10.0 Å². The van der Waals surface area contributed by atoms with Crippen LogP contribution in [0.3, 0.4) is 0 Å². The van der Waals surface area contributed by atoms with Gasteiger partial charge in [-0.15, -0.1) is 0 Å². The predicted molar refractivity (Wildman–Crippen MR) is 58.7 cm³/mol. The highest BCUT2D eigenvalue weighted by atomic mass is 32.2. The molecule has 0 aromatic carbocycles. The van der Waals surface area contributed by atoms with Gasteiger partial charge in [0.1, 0.15) is 9.84 Å². The number of sulfone groups is 1. The molecule has 1 unspecified atom stereocenters. The van der Waals surface area contributed by atoms with E-state index in [4.69, 9.17) is 5.11 Å². The Morgan fingerprint density at radius 1 is 1.47 bits per heavy atom. The maximum atomic E-state index is 10.9. The second-order valence-electron chi connectivity index (χ2n) is 3.77. The Kier molecular flexibility index (Phi) is 5.82. The first-order chi connectivity index (χ1) is 6.76. The fourth-order valence-corrected chi connectivity index (χ4v) is 1.93. The van der Waals surface area contributed by atoms with Crippen LogP contribution in [0.5, 0.6) is 0 Å². The lowest BCUT2D eigenvalue weighted by Crippen LogP contribution is -2.36. The van der Waals surface area contributed by atoms with Crippen LogP contribution >= 0.6 is 0 Å². The molecule has 90 valence electrons. The minimum Gasteiger partial charge on any atom is -0.481 e. The van der Waals surface area contributed by atoms with Crippen molar-refractivity contribution in [3.05, 3.63) is 0 Å². The minimum atomic E-state index is -2.98. The summed E-state index contributed by atoms with van der Waals surface area (Å²) in [6.07, 6.45) is 1.93. The van der Waals surface area contributed by atoms with E-state index >= 15 is 0 Å². The summed E-state index contributed by atoms with van der Waals surface area (Å²) < 4.78 is 21.9. The highest BCUT2D eigenvalue weighted by molar-refractivity contribution is 7.90. The third-order valence-corrected chi connectivity index (χ3v) is 3.24. The van der Waals surface area contributed by atoms with Crippen LogP contribution in [0.1, 0.15) is 19.8 Å². The number of rotatable bonds is 7. The largest absolute Gasteiger partial charge is 0.481 e. The maximum absolute atomic E-state index is 10.9. The fraction of sp³-hybridized carbons (Fsp3) is 0.889. The van der Waals surface area contributed by atoms with Gasteiger partial charge in [-0.3, -0.25) is 4.79 Å². The van der Waals surface area contributed by atoms with E-state index in [1.54, 1.807) is 11.9 Å². The van der Waals surface area contributed by atoms with E-state index in [9.17, 15) is 13.2 Å². The number of carboxylic acid groups (broad SMARTS) is 1. The Balaban J connectivity index is 4.15. The number of hydrogen-bond acceptors (Lipinski definition) is 4. The van der Waals surface area contributed by atoms with Crippen LogP contribution in [0.4, 0.5) is 0 Å². The number of carboxylic acids is 1. The highest BCUT2D eigenvalue weighted by Crippen LogP contribution is 2.06. The molecule has 0 aliphatic rings. The molecule has 0 fully saturated rings. The molecule has 0 radical (unpaired) electrons. The topological polar surface area (TPSA) is 74.7 Å². The monoisotopic (exact) mass is 237 g/mol. The van der Waals surface area contributed by atoms with E-state index in [1.165, 1.54) is 6.26 Å². The lowest BCUT2D eigenvalue weighted by atomic mass is 10.1. The summed E-state index contributed by atoms with van der Waals surface area (Å²) >= 11 is 0. The van der Waals surface area contributed by atoms with Gasteiger partial charge in [-0.2, -0.15) is 0 Å². The van der Waals surface area contributed by atoms with Crippen molar-refractivity contribution in [2.45, 2.75) is 25.8 Å². The minimum absolute atomic E-state index is 0.0523. The summed E-state index contributed by atoms with van der Waals surface area (Å²) in [4.78, 5) is 12.3. The van der Waals surface area contributed by atoms with Crippen molar-refractivity contribution in [3.63, 3.8) is 0 Å². The Hall–Kier alpha value is -0.620. The Bertz CT molecular complexity index is 299. The molecule has 6 heteroatoms. The van der Waals surface area contributed by atoms with Gasteiger partial charge in [-0.25, -0.2) is 8.42 Å². The van der Waals surface area contributed by atoms with Crippen LogP contribution in [0.25, 0.3) is 0 Å². The zero-order valence-electron chi connectivity index (χ0n) is 9.43. The standard InChI is InChI=1S/C9H19NO4S/c1-4-8(7-9(11)12)10(2)5-6-15(3,13)14/h8H,4-7H2,1-3H3,(H,11,12). The number of carbonyl (C=O) groups is 1. The molecule has 0 aliphatic carbocycles. The van der Waals surface area contributed by atoms with Gasteiger partial charge in [0.25, 0.3) is 0 Å². The normalized spacial score (nSPS) is 14.1. The summed E-state index contributed by atoms with van der Waals surface area (Å²) in [5.74, 6) is -0.785. The van der Waals surface area contributed by atoms with Crippen molar-refractivity contribution in [1.82, 2.24) is 4.90 Å². The van der Waals surface area contributed by atoms with Gasteiger partial charge >= 0.3 is 5.97 Å². The van der Waals surface area contributed by atoms with E-state index < -0.39 is 15.8 Å². The summed E-state index contributed by atoms with van der Waals surface area (Å²) in [5, 5.41) is 8.65. The zero-order valence-corrected chi connectivity index (χ0v) is 10.2. The Labute approximate surface area is 91.0 Å². The van der Waals surface area contributed by atoms with Crippen LogP contribution in [0.2, 0.25) is 0 Å². The molecule has 0 aromatic rings. The van der Waals surface area contributed by atoms with Crippen molar-refractivity contribution >= 4 is 15.8 Å². The quantitative estimate of drug-likeness (QED) is 0.685. The molecule has 0 saturated heterocycles. The molecule has 0 bridgehead atoms. The van der Waals surface area contributed by atoms with Gasteiger partial charge in [0.15, 0.2) is 0 Å². The lowest BCUT2D eigenvalue weighted by molar-refractivity contribution is -0.138. The van der Waals surface area contributed by atoms with Crippen LogP contribution in [-0.2, 0) is 14.6 Å². The number of nitrogens with zero attached hydrogens (tertiary/aromatic N) is 1. The van der Waals surface area contributed by atoms with Gasteiger partial charge in [-0.05, 0) is 13.5 Å². The fourth-order valence-electron chi connectivity index (χ4n) is 1.31. The molecule has 0 spiro atoms. The number of aliphatic carboxylic acids is 1. The molecule has 0 aliphatic heterocycles. The van der Waals surface area contributed by atoms with Gasteiger partial charge in [0.2, 0.25) is 0 Å². The average molecular weight is 237 g/mol. The second-order valence-corrected chi connectivity index (χ2v) is 6.03.